The first kappa shape index (κ1) is 17.0. The Hall–Kier alpha value is -1.89. The van der Waals surface area contributed by atoms with Crippen molar-refractivity contribution in [2.24, 2.45) is 0 Å². The molecule has 1 aliphatic rings. The first-order valence-electron chi connectivity index (χ1n) is 8.02. The van der Waals surface area contributed by atoms with E-state index in [1.165, 1.54) is 12.1 Å². The van der Waals surface area contributed by atoms with Gasteiger partial charge in [0.15, 0.2) is 0 Å². The van der Waals surface area contributed by atoms with Crippen molar-refractivity contribution in [1.82, 2.24) is 4.90 Å². The molecule has 1 heterocycles. The fourth-order valence-electron chi connectivity index (χ4n) is 2.69. The molecule has 0 aliphatic carbocycles. The number of morpholine rings is 1. The molecular weight excluding hydrogens is 326 g/mol. The van der Waals surface area contributed by atoms with E-state index >= 15 is 0 Å². The molecule has 0 spiro atoms. The van der Waals surface area contributed by atoms with Crippen molar-refractivity contribution in [2.45, 2.75) is 17.9 Å². The third kappa shape index (κ3) is 3.95. The van der Waals surface area contributed by atoms with E-state index in [1.807, 2.05) is 12.1 Å². The first-order chi connectivity index (χ1) is 11.6. The molecule has 1 atom stereocenters. The molecule has 2 aromatic rings. The quantitative estimate of drug-likeness (QED) is 0.779. The Balaban J connectivity index is 1.71. The Kier molecular flexibility index (Phi) is 5.18. The molecule has 0 aromatic heterocycles. The van der Waals surface area contributed by atoms with Crippen LogP contribution in [0, 0.1) is 0 Å². The maximum absolute atomic E-state index is 12.2. The highest BCUT2D eigenvalue weighted by Gasteiger charge is 2.21. The molecule has 24 heavy (non-hydrogen) atoms. The van der Waals surface area contributed by atoms with Gasteiger partial charge in [-0.3, -0.25) is 4.90 Å². The highest BCUT2D eigenvalue weighted by atomic mass is 32.2. The van der Waals surface area contributed by atoms with Crippen molar-refractivity contribution in [3.8, 4) is 5.75 Å². The van der Waals surface area contributed by atoms with Crippen LogP contribution in [0.4, 0.5) is 0 Å². The zero-order valence-corrected chi connectivity index (χ0v) is 14.4. The molecule has 5 nitrogen and oxygen atoms in total. The van der Waals surface area contributed by atoms with Crippen LogP contribution in [0.3, 0.4) is 0 Å². The van der Waals surface area contributed by atoms with E-state index in [2.05, 4.69) is 11.8 Å². The molecule has 0 unspecified atom stereocenters. The van der Waals surface area contributed by atoms with Gasteiger partial charge in [0.1, 0.15) is 10.6 Å². The van der Waals surface area contributed by atoms with E-state index in [9.17, 15) is 8.42 Å². The summed E-state index contributed by atoms with van der Waals surface area (Å²) in [5, 5.41) is 0. The summed E-state index contributed by atoms with van der Waals surface area (Å²) in [4.78, 5) is 2.47. The summed E-state index contributed by atoms with van der Waals surface area (Å²) < 4.78 is 35.4. The molecular formula is C18H21NO4S. The van der Waals surface area contributed by atoms with Crippen LogP contribution < -0.4 is 4.18 Å². The van der Waals surface area contributed by atoms with Crippen LogP contribution in [-0.2, 0) is 14.9 Å². The molecule has 6 heteroatoms. The second kappa shape index (κ2) is 7.34. The number of benzene rings is 2. The second-order valence-electron chi connectivity index (χ2n) is 5.67. The summed E-state index contributed by atoms with van der Waals surface area (Å²) in [6.07, 6.45) is 0.0125. The van der Waals surface area contributed by atoms with Crippen LogP contribution in [0.25, 0.3) is 0 Å². The standard InChI is InChI=1S/C18H21NO4S/c1-2-19-12-13-22-18(14-19)15-8-10-16(11-9-15)23-24(20,21)17-6-4-3-5-7-17/h3-11,18H,2,12-14H2,1H3/t18-/m1/s1. The zero-order valence-electron chi connectivity index (χ0n) is 13.6. The summed E-state index contributed by atoms with van der Waals surface area (Å²) in [6.45, 7) is 5.63. The molecule has 0 saturated carbocycles. The van der Waals surface area contributed by atoms with Crippen LogP contribution in [0.1, 0.15) is 18.6 Å². The third-order valence-corrected chi connectivity index (χ3v) is 5.35. The van der Waals surface area contributed by atoms with Gasteiger partial charge in [-0.1, -0.05) is 37.3 Å². The molecule has 1 fully saturated rings. The van der Waals surface area contributed by atoms with Gasteiger partial charge in [0.25, 0.3) is 0 Å². The van der Waals surface area contributed by atoms with E-state index in [-0.39, 0.29) is 11.0 Å². The lowest BCUT2D eigenvalue weighted by Gasteiger charge is -2.32. The SMILES string of the molecule is CCN1CCO[C@@H](c2ccc(OS(=O)(=O)c3ccccc3)cc2)C1. The monoisotopic (exact) mass is 347 g/mol. The highest BCUT2D eigenvalue weighted by Crippen LogP contribution is 2.25. The van der Waals surface area contributed by atoms with E-state index in [1.54, 1.807) is 30.3 Å². The summed E-state index contributed by atoms with van der Waals surface area (Å²) in [6, 6.07) is 15.2. The maximum atomic E-state index is 12.2. The topological polar surface area (TPSA) is 55.8 Å². The molecule has 0 radical (unpaired) electrons. The maximum Gasteiger partial charge on any atom is 0.339 e. The number of hydrogen-bond acceptors (Lipinski definition) is 5. The van der Waals surface area contributed by atoms with Crippen LogP contribution in [0.2, 0.25) is 0 Å². The summed E-state index contributed by atoms with van der Waals surface area (Å²) in [7, 11) is -3.80. The fourth-order valence-corrected chi connectivity index (χ4v) is 3.64. The lowest BCUT2D eigenvalue weighted by molar-refractivity contribution is -0.0281. The average molecular weight is 347 g/mol. The Bertz CT molecular complexity index is 759. The van der Waals surface area contributed by atoms with Crippen LogP contribution >= 0.6 is 0 Å². The number of ether oxygens (including phenoxy) is 1. The minimum absolute atomic E-state index is 0.0125. The van der Waals surface area contributed by atoms with Gasteiger partial charge in [-0.15, -0.1) is 0 Å². The predicted molar refractivity (Wildman–Crippen MR) is 91.5 cm³/mol. The summed E-state index contributed by atoms with van der Waals surface area (Å²) in [5.74, 6) is 0.297. The molecule has 1 saturated heterocycles. The average Bonchev–Trinajstić information content (AvgIpc) is 2.63. The molecule has 0 amide bonds. The van der Waals surface area contributed by atoms with E-state index in [0.717, 1.165) is 25.2 Å². The largest absolute Gasteiger partial charge is 0.379 e. The van der Waals surface area contributed by atoms with Crippen LogP contribution in [-0.4, -0.2) is 39.6 Å². The smallest absolute Gasteiger partial charge is 0.339 e. The molecule has 2 aromatic carbocycles. The molecule has 0 N–H and O–H groups in total. The normalized spacial score (nSPS) is 19.1. The van der Waals surface area contributed by atoms with Crippen molar-refractivity contribution in [3.05, 3.63) is 60.2 Å². The summed E-state index contributed by atoms with van der Waals surface area (Å²) >= 11 is 0. The van der Waals surface area contributed by atoms with Gasteiger partial charge in [0.2, 0.25) is 0 Å². The van der Waals surface area contributed by atoms with Gasteiger partial charge >= 0.3 is 10.1 Å². The predicted octanol–water partition coefficient (Wildman–Crippen LogP) is 2.85. The van der Waals surface area contributed by atoms with Gasteiger partial charge in [0, 0.05) is 13.1 Å². The Labute approximate surface area is 142 Å². The van der Waals surface area contributed by atoms with Crippen molar-refractivity contribution in [2.75, 3.05) is 26.2 Å². The number of rotatable bonds is 5. The van der Waals surface area contributed by atoms with Gasteiger partial charge in [0.05, 0.1) is 12.7 Å². The van der Waals surface area contributed by atoms with Crippen LogP contribution in [0.15, 0.2) is 59.5 Å². The van der Waals surface area contributed by atoms with E-state index in [4.69, 9.17) is 8.92 Å². The van der Waals surface area contributed by atoms with Crippen molar-refractivity contribution in [1.29, 1.82) is 0 Å². The van der Waals surface area contributed by atoms with Crippen molar-refractivity contribution >= 4 is 10.1 Å². The van der Waals surface area contributed by atoms with Crippen molar-refractivity contribution < 1.29 is 17.3 Å². The minimum Gasteiger partial charge on any atom is -0.379 e. The van der Waals surface area contributed by atoms with E-state index in [0.29, 0.717) is 12.4 Å². The highest BCUT2D eigenvalue weighted by molar-refractivity contribution is 7.87. The Morgan fingerprint density at radius 3 is 2.50 bits per heavy atom. The van der Waals surface area contributed by atoms with Gasteiger partial charge in [-0.25, -0.2) is 0 Å². The second-order valence-corrected chi connectivity index (χ2v) is 7.22. The zero-order chi connectivity index (χ0) is 17.0. The van der Waals surface area contributed by atoms with E-state index < -0.39 is 10.1 Å². The lowest BCUT2D eigenvalue weighted by atomic mass is 10.1. The number of hydrogen-bond donors (Lipinski definition) is 0. The van der Waals surface area contributed by atoms with Crippen LogP contribution in [0.5, 0.6) is 5.75 Å². The number of nitrogens with zero attached hydrogens (tertiary/aromatic N) is 1. The first-order valence-corrected chi connectivity index (χ1v) is 9.43. The molecule has 0 bridgehead atoms. The molecule has 3 rings (SSSR count). The third-order valence-electron chi connectivity index (χ3n) is 4.09. The van der Waals surface area contributed by atoms with Gasteiger partial charge in [-0.05, 0) is 36.4 Å². The molecule has 128 valence electrons. The Morgan fingerprint density at radius 2 is 1.83 bits per heavy atom. The number of likely N-dealkylation sites (N-methyl/N-ethyl adjacent to an activating group) is 1. The van der Waals surface area contributed by atoms with Gasteiger partial charge < -0.3 is 8.92 Å². The Morgan fingerprint density at radius 1 is 1.12 bits per heavy atom. The van der Waals surface area contributed by atoms with Gasteiger partial charge in [-0.2, -0.15) is 8.42 Å². The summed E-state index contributed by atoms with van der Waals surface area (Å²) in [5.41, 5.74) is 1.03. The lowest BCUT2D eigenvalue weighted by Crippen LogP contribution is -2.38. The minimum atomic E-state index is -3.80. The van der Waals surface area contributed by atoms with Crippen molar-refractivity contribution in [3.63, 3.8) is 0 Å². The fraction of sp³-hybridized carbons (Fsp3) is 0.333. The molecule has 1 aliphatic heterocycles.